The van der Waals surface area contributed by atoms with Gasteiger partial charge in [-0.25, -0.2) is 4.79 Å². The molecule has 0 spiro atoms. The Kier molecular flexibility index (Phi) is 4.99. The van der Waals surface area contributed by atoms with Gasteiger partial charge in [-0.1, -0.05) is 12.1 Å². The van der Waals surface area contributed by atoms with Gasteiger partial charge in [0.1, 0.15) is 5.60 Å². The molecule has 1 aromatic carbocycles. The predicted molar refractivity (Wildman–Crippen MR) is 90.8 cm³/mol. The SMILES string of the molecule is CC(C)(C)OC(=O)N1C[C@@H](C(=O)O)[C@H](c2cccc(I)c2)C1. The van der Waals surface area contributed by atoms with E-state index in [4.69, 9.17) is 4.74 Å². The molecule has 0 bridgehead atoms. The third-order valence-corrected chi connectivity index (χ3v) is 4.24. The summed E-state index contributed by atoms with van der Waals surface area (Å²) in [5, 5.41) is 9.47. The van der Waals surface area contributed by atoms with Crippen molar-refractivity contribution in [1.82, 2.24) is 4.90 Å². The zero-order chi connectivity index (χ0) is 16.5. The number of carbonyl (C=O) groups excluding carboxylic acids is 1. The van der Waals surface area contributed by atoms with Crippen molar-refractivity contribution in [3.8, 4) is 0 Å². The minimum atomic E-state index is -0.880. The lowest BCUT2D eigenvalue weighted by Crippen LogP contribution is -2.35. The van der Waals surface area contributed by atoms with Crippen LogP contribution in [0.15, 0.2) is 24.3 Å². The van der Waals surface area contributed by atoms with Gasteiger partial charge in [0.2, 0.25) is 0 Å². The summed E-state index contributed by atoms with van der Waals surface area (Å²) in [6.45, 7) is 5.94. The maximum absolute atomic E-state index is 12.2. The van der Waals surface area contributed by atoms with Crippen LogP contribution in [0.4, 0.5) is 4.79 Å². The van der Waals surface area contributed by atoms with Crippen molar-refractivity contribution in [3.63, 3.8) is 0 Å². The van der Waals surface area contributed by atoms with Crippen molar-refractivity contribution in [2.24, 2.45) is 5.92 Å². The molecule has 1 aromatic rings. The summed E-state index contributed by atoms with van der Waals surface area (Å²) in [5.41, 5.74) is 0.362. The lowest BCUT2D eigenvalue weighted by Gasteiger charge is -2.24. The van der Waals surface area contributed by atoms with Crippen LogP contribution in [0.25, 0.3) is 0 Å². The molecule has 1 saturated heterocycles. The smallest absolute Gasteiger partial charge is 0.410 e. The van der Waals surface area contributed by atoms with Crippen molar-refractivity contribution in [1.29, 1.82) is 0 Å². The van der Waals surface area contributed by atoms with E-state index >= 15 is 0 Å². The molecular weight excluding hydrogens is 397 g/mol. The molecule has 0 unspecified atom stereocenters. The van der Waals surface area contributed by atoms with Crippen LogP contribution >= 0.6 is 22.6 Å². The Hall–Kier alpha value is -1.31. The van der Waals surface area contributed by atoms with Crippen LogP contribution in [0.2, 0.25) is 0 Å². The second-order valence-electron chi connectivity index (χ2n) is 6.49. The lowest BCUT2D eigenvalue weighted by molar-refractivity contribution is -0.141. The number of rotatable bonds is 2. The van der Waals surface area contributed by atoms with Crippen molar-refractivity contribution >= 4 is 34.7 Å². The maximum atomic E-state index is 12.2. The van der Waals surface area contributed by atoms with Gasteiger partial charge < -0.3 is 14.7 Å². The summed E-state index contributed by atoms with van der Waals surface area (Å²) in [6, 6.07) is 7.76. The lowest BCUT2D eigenvalue weighted by atomic mass is 9.89. The summed E-state index contributed by atoms with van der Waals surface area (Å²) < 4.78 is 6.40. The normalized spacial score (nSPS) is 21.7. The second kappa shape index (κ2) is 6.44. The van der Waals surface area contributed by atoms with Crippen LogP contribution in [-0.4, -0.2) is 40.8 Å². The van der Waals surface area contributed by atoms with E-state index in [1.165, 1.54) is 4.90 Å². The number of ether oxygens (including phenoxy) is 1. The van der Waals surface area contributed by atoms with E-state index in [2.05, 4.69) is 22.6 Å². The molecule has 22 heavy (non-hydrogen) atoms. The van der Waals surface area contributed by atoms with Crippen LogP contribution in [0, 0.1) is 9.49 Å². The van der Waals surface area contributed by atoms with E-state index in [0.29, 0.717) is 6.54 Å². The first-order valence-electron chi connectivity index (χ1n) is 7.13. The van der Waals surface area contributed by atoms with E-state index in [-0.39, 0.29) is 12.5 Å². The molecule has 2 atom stereocenters. The number of hydrogen-bond donors (Lipinski definition) is 1. The highest BCUT2D eigenvalue weighted by Crippen LogP contribution is 2.34. The number of hydrogen-bond acceptors (Lipinski definition) is 3. The van der Waals surface area contributed by atoms with E-state index < -0.39 is 23.6 Å². The fourth-order valence-electron chi connectivity index (χ4n) is 2.60. The van der Waals surface area contributed by atoms with Crippen molar-refractivity contribution in [2.75, 3.05) is 13.1 Å². The van der Waals surface area contributed by atoms with E-state index in [9.17, 15) is 14.7 Å². The minimum absolute atomic E-state index is 0.181. The molecule has 0 aromatic heterocycles. The zero-order valence-electron chi connectivity index (χ0n) is 12.9. The number of carboxylic acid groups (broad SMARTS) is 1. The average Bonchev–Trinajstić information content (AvgIpc) is 2.82. The first kappa shape index (κ1) is 17.1. The van der Waals surface area contributed by atoms with Crippen molar-refractivity contribution in [2.45, 2.75) is 32.3 Å². The van der Waals surface area contributed by atoms with Gasteiger partial charge in [-0.2, -0.15) is 0 Å². The standard InChI is InChI=1S/C16H20INO4/c1-16(2,3)22-15(21)18-8-12(13(9-18)14(19)20)10-5-4-6-11(17)7-10/h4-7,12-13H,8-9H2,1-3H3,(H,19,20)/t12-,13+/m0/s1. The molecule has 120 valence electrons. The topological polar surface area (TPSA) is 66.8 Å². The van der Waals surface area contributed by atoms with Crippen LogP contribution in [-0.2, 0) is 9.53 Å². The summed E-state index contributed by atoms with van der Waals surface area (Å²) in [5.74, 6) is -1.69. The third-order valence-electron chi connectivity index (χ3n) is 3.57. The molecule has 6 heteroatoms. The summed E-state index contributed by atoms with van der Waals surface area (Å²) >= 11 is 2.20. The molecule has 0 aliphatic carbocycles. The Balaban J connectivity index is 2.20. The predicted octanol–water partition coefficient (Wildman–Crippen LogP) is 3.33. The Morgan fingerprint density at radius 1 is 1.32 bits per heavy atom. The Labute approximate surface area is 143 Å². The largest absolute Gasteiger partial charge is 0.481 e. The minimum Gasteiger partial charge on any atom is -0.481 e. The van der Waals surface area contributed by atoms with E-state index in [1.54, 1.807) is 20.8 Å². The maximum Gasteiger partial charge on any atom is 0.410 e. The zero-order valence-corrected chi connectivity index (χ0v) is 15.0. The highest BCUT2D eigenvalue weighted by molar-refractivity contribution is 14.1. The summed E-state index contributed by atoms with van der Waals surface area (Å²) in [7, 11) is 0. The average molecular weight is 417 g/mol. The summed E-state index contributed by atoms with van der Waals surface area (Å²) in [6.07, 6.45) is -0.452. The van der Waals surface area contributed by atoms with Gasteiger partial charge >= 0.3 is 12.1 Å². The van der Waals surface area contributed by atoms with Gasteiger partial charge in [-0.05, 0) is 61.1 Å². The Bertz CT molecular complexity index is 582. The Morgan fingerprint density at radius 2 is 2.00 bits per heavy atom. The molecule has 1 heterocycles. The third kappa shape index (κ3) is 4.12. The number of benzene rings is 1. The molecule has 1 N–H and O–H groups in total. The highest BCUT2D eigenvalue weighted by atomic mass is 127. The van der Waals surface area contributed by atoms with E-state index in [1.807, 2.05) is 24.3 Å². The number of aliphatic carboxylic acids is 1. The fourth-order valence-corrected chi connectivity index (χ4v) is 3.17. The van der Waals surface area contributed by atoms with Gasteiger partial charge in [-0.15, -0.1) is 0 Å². The molecule has 0 radical (unpaired) electrons. The van der Waals surface area contributed by atoms with Crippen LogP contribution < -0.4 is 0 Å². The van der Waals surface area contributed by atoms with Gasteiger partial charge in [-0.3, -0.25) is 4.79 Å². The number of halogens is 1. The number of carboxylic acids is 1. The van der Waals surface area contributed by atoms with Crippen LogP contribution in [0.1, 0.15) is 32.3 Å². The first-order valence-corrected chi connectivity index (χ1v) is 8.21. The monoisotopic (exact) mass is 417 g/mol. The van der Waals surface area contributed by atoms with Gasteiger partial charge in [0.25, 0.3) is 0 Å². The van der Waals surface area contributed by atoms with Gasteiger partial charge in [0.05, 0.1) is 5.92 Å². The number of likely N-dealkylation sites (tertiary alicyclic amines) is 1. The number of carbonyl (C=O) groups is 2. The highest BCUT2D eigenvalue weighted by Gasteiger charge is 2.41. The fraction of sp³-hybridized carbons (Fsp3) is 0.500. The number of amides is 1. The molecular formula is C16H20INO4. The quantitative estimate of drug-likeness (QED) is 0.750. The van der Waals surface area contributed by atoms with Crippen molar-refractivity contribution < 1.29 is 19.4 Å². The molecule has 0 saturated carbocycles. The molecule has 1 fully saturated rings. The van der Waals surface area contributed by atoms with Gasteiger partial charge in [0.15, 0.2) is 0 Å². The molecule has 1 aliphatic heterocycles. The Morgan fingerprint density at radius 3 is 2.55 bits per heavy atom. The van der Waals surface area contributed by atoms with Crippen LogP contribution in [0.5, 0.6) is 0 Å². The van der Waals surface area contributed by atoms with Gasteiger partial charge in [0, 0.05) is 22.6 Å². The van der Waals surface area contributed by atoms with E-state index in [0.717, 1.165) is 9.13 Å². The number of nitrogens with zero attached hydrogens (tertiary/aromatic N) is 1. The first-order chi connectivity index (χ1) is 10.2. The molecule has 1 amide bonds. The molecule has 5 nitrogen and oxygen atoms in total. The summed E-state index contributed by atoms with van der Waals surface area (Å²) in [4.78, 5) is 25.2. The van der Waals surface area contributed by atoms with Crippen molar-refractivity contribution in [3.05, 3.63) is 33.4 Å². The molecule has 2 rings (SSSR count). The molecule has 1 aliphatic rings. The second-order valence-corrected chi connectivity index (χ2v) is 7.74. The van der Waals surface area contributed by atoms with Crippen LogP contribution in [0.3, 0.4) is 0 Å².